The van der Waals surface area contributed by atoms with Crippen LogP contribution in [0.4, 0.5) is 5.82 Å². The van der Waals surface area contributed by atoms with Crippen LogP contribution in [0.3, 0.4) is 0 Å². The monoisotopic (exact) mass is 338 g/mol. The number of carbonyl (C=O) groups excluding carboxylic acids is 1. The van der Waals surface area contributed by atoms with E-state index >= 15 is 0 Å². The van der Waals surface area contributed by atoms with Crippen LogP contribution in [0.5, 0.6) is 0 Å². The lowest BCUT2D eigenvalue weighted by molar-refractivity contribution is -0.121. The molecule has 5 heteroatoms. The molecule has 1 unspecified atom stereocenters. The van der Waals surface area contributed by atoms with Crippen molar-refractivity contribution in [3.63, 3.8) is 0 Å². The van der Waals surface area contributed by atoms with Crippen LogP contribution in [0, 0.1) is 5.92 Å². The molecule has 1 aromatic heterocycles. The number of aromatic nitrogens is 2. The van der Waals surface area contributed by atoms with Crippen LogP contribution < -0.4 is 5.32 Å². The SMILES string of the molecule is CC(CCc1ccccc1)N1CCC(C(=O)Nc2cnccn2)CC1. The molecule has 1 fully saturated rings. The van der Waals surface area contributed by atoms with E-state index in [4.69, 9.17) is 0 Å². The number of nitrogens with zero attached hydrogens (tertiary/aromatic N) is 3. The van der Waals surface area contributed by atoms with Crippen LogP contribution in [-0.2, 0) is 11.2 Å². The molecule has 25 heavy (non-hydrogen) atoms. The van der Waals surface area contributed by atoms with Crippen molar-refractivity contribution in [1.29, 1.82) is 0 Å². The number of piperidine rings is 1. The van der Waals surface area contributed by atoms with E-state index in [1.54, 1.807) is 18.6 Å². The van der Waals surface area contributed by atoms with Crippen LogP contribution in [0.1, 0.15) is 31.7 Å². The summed E-state index contributed by atoms with van der Waals surface area (Å²) in [6, 6.07) is 11.2. The Kier molecular flexibility index (Phi) is 6.12. The Morgan fingerprint density at radius 2 is 2.00 bits per heavy atom. The molecule has 1 aliphatic rings. The van der Waals surface area contributed by atoms with Crippen LogP contribution in [0.15, 0.2) is 48.9 Å². The number of hydrogen-bond donors (Lipinski definition) is 1. The number of rotatable bonds is 6. The smallest absolute Gasteiger partial charge is 0.228 e. The first-order chi connectivity index (χ1) is 12.2. The molecular weight excluding hydrogens is 312 g/mol. The average molecular weight is 338 g/mol. The third kappa shape index (κ3) is 5.10. The summed E-state index contributed by atoms with van der Waals surface area (Å²) in [5.41, 5.74) is 1.40. The van der Waals surface area contributed by atoms with Gasteiger partial charge in [-0.05, 0) is 51.3 Å². The van der Waals surface area contributed by atoms with E-state index in [1.165, 1.54) is 5.56 Å². The van der Waals surface area contributed by atoms with Gasteiger partial charge in [0.05, 0.1) is 6.20 Å². The van der Waals surface area contributed by atoms with Gasteiger partial charge < -0.3 is 10.2 Å². The average Bonchev–Trinajstić information content (AvgIpc) is 2.68. The Bertz CT molecular complexity index is 654. The molecule has 1 atom stereocenters. The van der Waals surface area contributed by atoms with Gasteiger partial charge in [-0.15, -0.1) is 0 Å². The summed E-state index contributed by atoms with van der Waals surface area (Å²) in [7, 11) is 0. The van der Waals surface area contributed by atoms with Gasteiger partial charge in [-0.3, -0.25) is 9.78 Å². The summed E-state index contributed by atoms with van der Waals surface area (Å²) in [5.74, 6) is 0.669. The second kappa shape index (κ2) is 8.72. The maximum atomic E-state index is 12.4. The summed E-state index contributed by atoms with van der Waals surface area (Å²) in [5, 5.41) is 2.87. The fourth-order valence-electron chi connectivity index (χ4n) is 3.40. The highest BCUT2D eigenvalue weighted by molar-refractivity contribution is 5.91. The first-order valence-electron chi connectivity index (χ1n) is 9.07. The van der Waals surface area contributed by atoms with Crippen molar-refractivity contribution in [2.75, 3.05) is 18.4 Å². The maximum absolute atomic E-state index is 12.4. The van der Waals surface area contributed by atoms with Crippen molar-refractivity contribution in [2.45, 2.75) is 38.6 Å². The fourth-order valence-corrected chi connectivity index (χ4v) is 3.40. The molecule has 0 spiro atoms. The standard InChI is InChI=1S/C20H26N4O/c1-16(7-8-17-5-3-2-4-6-17)24-13-9-18(10-14-24)20(25)23-19-15-21-11-12-22-19/h2-6,11-12,15-16,18H,7-10,13-14H2,1H3,(H,22,23,25). The maximum Gasteiger partial charge on any atom is 0.228 e. The van der Waals surface area contributed by atoms with Crippen LogP contribution in [-0.4, -0.2) is 39.9 Å². The van der Waals surface area contributed by atoms with E-state index in [2.05, 4.69) is 57.4 Å². The third-order valence-electron chi connectivity index (χ3n) is 5.03. The Morgan fingerprint density at radius 3 is 2.68 bits per heavy atom. The highest BCUT2D eigenvalue weighted by Gasteiger charge is 2.27. The van der Waals surface area contributed by atoms with E-state index in [-0.39, 0.29) is 11.8 Å². The number of amides is 1. The summed E-state index contributed by atoms with van der Waals surface area (Å²) >= 11 is 0. The fraction of sp³-hybridized carbons (Fsp3) is 0.450. The third-order valence-corrected chi connectivity index (χ3v) is 5.03. The predicted molar refractivity (Wildman–Crippen MR) is 99.2 cm³/mol. The zero-order chi connectivity index (χ0) is 17.5. The quantitative estimate of drug-likeness (QED) is 0.879. The number of carbonyl (C=O) groups is 1. The number of likely N-dealkylation sites (tertiary alicyclic amines) is 1. The van der Waals surface area contributed by atoms with Crippen molar-refractivity contribution in [3.05, 3.63) is 54.5 Å². The number of anilines is 1. The molecule has 1 aromatic carbocycles. The molecule has 0 bridgehead atoms. The number of nitrogens with one attached hydrogen (secondary N) is 1. The molecule has 2 aromatic rings. The molecule has 5 nitrogen and oxygen atoms in total. The first kappa shape index (κ1) is 17.5. The van der Waals surface area contributed by atoms with Gasteiger partial charge in [0, 0.05) is 24.4 Å². The molecule has 1 aliphatic heterocycles. The minimum atomic E-state index is 0.0667. The largest absolute Gasteiger partial charge is 0.309 e. The Balaban J connectivity index is 1.42. The lowest BCUT2D eigenvalue weighted by Gasteiger charge is -2.35. The molecule has 3 rings (SSSR count). The molecule has 2 heterocycles. The van der Waals surface area contributed by atoms with Crippen molar-refractivity contribution in [3.8, 4) is 0 Å². The van der Waals surface area contributed by atoms with E-state index in [0.29, 0.717) is 11.9 Å². The van der Waals surface area contributed by atoms with Gasteiger partial charge >= 0.3 is 0 Å². The van der Waals surface area contributed by atoms with Gasteiger partial charge in [-0.1, -0.05) is 30.3 Å². The summed E-state index contributed by atoms with van der Waals surface area (Å²) in [6.45, 7) is 4.26. The molecule has 1 N–H and O–H groups in total. The summed E-state index contributed by atoms with van der Waals surface area (Å²) < 4.78 is 0. The zero-order valence-corrected chi connectivity index (χ0v) is 14.8. The Morgan fingerprint density at radius 1 is 1.24 bits per heavy atom. The molecule has 1 amide bonds. The van der Waals surface area contributed by atoms with Crippen molar-refractivity contribution in [2.24, 2.45) is 5.92 Å². The summed E-state index contributed by atoms with van der Waals surface area (Å²) in [4.78, 5) is 22.9. The lowest BCUT2D eigenvalue weighted by atomic mass is 9.94. The number of aryl methyl sites for hydroxylation is 1. The molecule has 132 valence electrons. The zero-order valence-electron chi connectivity index (χ0n) is 14.8. The van der Waals surface area contributed by atoms with Crippen LogP contribution in [0.25, 0.3) is 0 Å². The lowest BCUT2D eigenvalue weighted by Crippen LogP contribution is -2.42. The summed E-state index contributed by atoms with van der Waals surface area (Å²) in [6.07, 6.45) is 8.84. The van der Waals surface area contributed by atoms with Crippen LogP contribution in [0.2, 0.25) is 0 Å². The van der Waals surface area contributed by atoms with Crippen molar-refractivity contribution >= 4 is 11.7 Å². The highest BCUT2D eigenvalue weighted by atomic mass is 16.1. The molecule has 0 saturated carbocycles. The molecule has 0 radical (unpaired) electrons. The van der Waals surface area contributed by atoms with Crippen molar-refractivity contribution in [1.82, 2.24) is 14.9 Å². The van der Waals surface area contributed by atoms with Gasteiger partial charge in [0.25, 0.3) is 0 Å². The normalized spacial score (nSPS) is 17.2. The second-order valence-corrected chi connectivity index (χ2v) is 6.76. The van der Waals surface area contributed by atoms with Gasteiger partial charge in [-0.25, -0.2) is 4.98 Å². The number of hydrogen-bond acceptors (Lipinski definition) is 4. The number of benzene rings is 1. The van der Waals surface area contributed by atoms with E-state index in [1.807, 2.05) is 0 Å². The first-order valence-corrected chi connectivity index (χ1v) is 9.07. The van der Waals surface area contributed by atoms with Gasteiger partial charge in [0.1, 0.15) is 0 Å². The molecular formula is C20H26N4O. The Labute approximate surface area is 149 Å². The van der Waals surface area contributed by atoms with Gasteiger partial charge in [0.15, 0.2) is 5.82 Å². The topological polar surface area (TPSA) is 58.1 Å². The van der Waals surface area contributed by atoms with E-state index < -0.39 is 0 Å². The van der Waals surface area contributed by atoms with Gasteiger partial charge in [0.2, 0.25) is 5.91 Å². The molecule has 0 aliphatic carbocycles. The van der Waals surface area contributed by atoms with Crippen LogP contribution >= 0.6 is 0 Å². The van der Waals surface area contributed by atoms with Crippen molar-refractivity contribution < 1.29 is 4.79 Å². The van der Waals surface area contributed by atoms with Gasteiger partial charge in [-0.2, -0.15) is 0 Å². The minimum absolute atomic E-state index is 0.0667. The predicted octanol–water partition coefficient (Wildman–Crippen LogP) is 3.15. The van der Waals surface area contributed by atoms with E-state index in [0.717, 1.165) is 38.8 Å². The second-order valence-electron chi connectivity index (χ2n) is 6.76. The van der Waals surface area contributed by atoms with E-state index in [9.17, 15) is 4.79 Å². The highest BCUT2D eigenvalue weighted by Crippen LogP contribution is 2.22. The minimum Gasteiger partial charge on any atom is -0.309 e. The Hall–Kier alpha value is -2.27. The molecule has 1 saturated heterocycles.